The molecule has 0 fully saturated rings. The maximum atomic E-state index is 11.2. The molecule has 0 aromatic carbocycles. The fraction of sp³-hybridized carbons (Fsp3) is 0. The number of hydrazone groups is 1. The highest BCUT2D eigenvalue weighted by atomic mass is 16.2. The first-order valence-corrected chi connectivity index (χ1v) is 3.67. The summed E-state index contributed by atoms with van der Waals surface area (Å²) in [7, 11) is 0. The molecule has 0 spiro atoms. The summed E-state index contributed by atoms with van der Waals surface area (Å²) in [4.78, 5) is 26.3. The van der Waals surface area contributed by atoms with Crippen molar-refractivity contribution < 1.29 is 0 Å². The molecule has 0 aliphatic heterocycles. The van der Waals surface area contributed by atoms with Crippen molar-refractivity contribution in [1.29, 1.82) is 0 Å². The molecule has 7 heteroatoms. The van der Waals surface area contributed by atoms with Crippen molar-refractivity contribution >= 4 is 5.71 Å². The predicted octanol–water partition coefficient (Wildman–Crippen LogP) is -1.58. The van der Waals surface area contributed by atoms with Gasteiger partial charge in [0.2, 0.25) is 0 Å². The molecule has 0 bridgehead atoms. The van der Waals surface area contributed by atoms with Gasteiger partial charge in [0.1, 0.15) is 0 Å². The maximum absolute atomic E-state index is 11.2. The molecule has 1 aromatic rings. The quantitative estimate of drug-likeness (QED) is 0.264. The first-order valence-electron chi connectivity index (χ1n) is 3.67. The van der Waals surface area contributed by atoms with E-state index in [1.807, 2.05) is 10.5 Å². The number of H-pyrrole nitrogens is 2. The third-order valence-electron chi connectivity index (χ3n) is 1.47. The minimum atomic E-state index is -0.581. The van der Waals surface area contributed by atoms with Crippen molar-refractivity contribution in [3.63, 3.8) is 0 Å². The van der Waals surface area contributed by atoms with Crippen molar-refractivity contribution in [1.82, 2.24) is 15.5 Å². The molecule has 0 atom stereocenters. The van der Waals surface area contributed by atoms with Gasteiger partial charge >= 0.3 is 5.69 Å². The first kappa shape index (κ1) is 9.93. The number of nitrogens with one attached hydrogen (secondary N) is 3. The molecule has 0 saturated carbocycles. The highest BCUT2D eigenvalue weighted by Crippen LogP contribution is 1.90. The molecule has 7 nitrogen and oxygen atoms in total. The number of nitrogens with zero attached hydrogens (tertiary/aromatic N) is 1. The lowest BCUT2D eigenvalue weighted by Crippen LogP contribution is -2.28. The minimum Gasteiger partial charge on any atom is -0.313 e. The number of hydrogen-bond donors (Lipinski definition) is 4. The van der Waals surface area contributed by atoms with Crippen LogP contribution in [0.15, 0.2) is 33.5 Å². The molecule has 1 heterocycles. The van der Waals surface area contributed by atoms with E-state index in [9.17, 15) is 9.59 Å². The number of nitrogens with two attached hydrogens (primary N) is 1. The van der Waals surface area contributed by atoms with E-state index >= 15 is 0 Å². The Morgan fingerprint density at radius 2 is 2.36 bits per heavy atom. The van der Waals surface area contributed by atoms with Crippen LogP contribution in [0.2, 0.25) is 0 Å². The third-order valence-corrected chi connectivity index (χ3v) is 1.47. The summed E-state index contributed by atoms with van der Waals surface area (Å²) in [5.74, 6) is 4.95. The zero-order valence-corrected chi connectivity index (χ0v) is 7.20. The number of aromatic nitrogens is 2. The topological polar surface area (TPSA) is 116 Å². The summed E-state index contributed by atoms with van der Waals surface area (Å²) in [6, 6.07) is 0. The second-order valence-corrected chi connectivity index (χ2v) is 2.32. The zero-order chi connectivity index (χ0) is 10.6. The van der Waals surface area contributed by atoms with E-state index in [0.717, 1.165) is 0 Å². The molecule has 1 rings (SSSR count). The standard InChI is InChI=1S/C7H9N5O2/c1-2-5(11-12-8)4-3-9-7(14)10-6(4)13/h2-3,12H,1,8H2,(H2,9,10,13,14)/b11-5+. The second kappa shape index (κ2) is 4.19. The van der Waals surface area contributed by atoms with Crippen LogP contribution in [0.4, 0.5) is 0 Å². The fourth-order valence-corrected chi connectivity index (χ4v) is 0.885. The Kier molecular flexibility index (Phi) is 2.97. The Hall–Kier alpha value is -2.15. The van der Waals surface area contributed by atoms with Crippen molar-refractivity contribution in [2.24, 2.45) is 10.9 Å². The van der Waals surface area contributed by atoms with E-state index in [1.165, 1.54) is 12.3 Å². The normalized spacial score (nSPS) is 11.1. The van der Waals surface area contributed by atoms with Gasteiger partial charge in [-0.05, 0) is 6.08 Å². The van der Waals surface area contributed by atoms with Crippen LogP contribution in [-0.4, -0.2) is 15.7 Å². The van der Waals surface area contributed by atoms with Crippen LogP contribution in [0.1, 0.15) is 5.56 Å². The van der Waals surface area contributed by atoms with E-state index in [-0.39, 0.29) is 11.3 Å². The van der Waals surface area contributed by atoms with Crippen LogP contribution in [0, 0.1) is 0 Å². The molecule has 0 saturated heterocycles. The Morgan fingerprint density at radius 1 is 1.64 bits per heavy atom. The Labute approximate surface area is 78.3 Å². The van der Waals surface area contributed by atoms with E-state index in [0.29, 0.717) is 0 Å². The van der Waals surface area contributed by atoms with Gasteiger partial charge < -0.3 is 4.98 Å². The number of allylic oxidation sites excluding steroid dienone is 1. The van der Waals surface area contributed by atoms with Gasteiger partial charge in [0.15, 0.2) is 0 Å². The minimum absolute atomic E-state index is 0.178. The second-order valence-electron chi connectivity index (χ2n) is 2.32. The lowest BCUT2D eigenvalue weighted by atomic mass is 10.2. The lowest BCUT2D eigenvalue weighted by molar-refractivity contribution is 0.806. The van der Waals surface area contributed by atoms with Crippen LogP contribution in [0.5, 0.6) is 0 Å². The Morgan fingerprint density at radius 3 is 2.86 bits per heavy atom. The van der Waals surface area contributed by atoms with Crippen LogP contribution in [0.25, 0.3) is 0 Å². The molecule has 74 valence electrons. The molecule has 0 radical (unpaired) electrons. The number of hydrogen-bond acceptors (Lipinski definition) is 5. The molecule has 0 amide bonds. The molecule has 0 aliphatic carbocycles. The van der Waals surface area contributed by atoms with Crippen molar-refractivity contribution in [2.45, 2.75) is 0 Å². The summed E-state index contributed by atoms with van der Waals surface area (Å²) in [5.41, 5.74) is 1.32. The summed E-state index contributed by atoms with van der Waals surface area (Å²) in [6.07, 6.45) is 2.57. The summed E-state index contributed by atoms with van der Waals surface area (Å²) in [6.45, 7) is 3.45. The summed E-state index contributed by atoms with van der Waals surface area (Å²) in [5, 5.41) is 3.59. The maximum Gasteiger partial charge on any atom is 0.325 e. The molecular formula is C7H9N5O2. The highest BCUT2D eigenvalue weighted by Gasteiger charge is 2.04. The third kappa shape index (κ3) is 1.96. The number of aromatic amines is 2. The lowest BCUT2D eigenvalue weighted by Gasteiger charge is -1.98. The van der Waals surface area contributed by atoms with E-state index in [4.69, 9.17) is 5.84 Å². The van der Waals surface area contributed by atoms with Crippen LogP contribution in [-0.2, 0) is 0 Å². The van der Waals surface area contributed by atoms with Gasteiger partial charge in [0, 0.05) is 6.20 Å². The van der Waals surface area contributed by atoms with Crippen molar-refractivity contribution in [3.05, 3.63) is 45.3 Å². The van der Waals surface area contributed by atoms with Gasteiger partial charge in [-0.25, -0.2) is 16.2 Å². The summed E-state index contributed by atoms with van der Waals surface area (Å²) >= 11 is 0. The first-order chi connectivity index (χ1) is 6.69. The largest absolute Gasteiger partial charge is 0.325 e. The van der Waals surface area contributed by atoms with Crippen molar-refractivity contribution in [2.75, 3.05) is 0 Å². The number of rotatable bonds is 3. The smallest absolute Gasteiger partial charge is 0.313 e. The van der Waals surface area contributed by atoms with E-state index < -0.39 is 11.2 Å². The van der Waals surface area contributed by atoms with Gasteiger partial charge in [-0.3, -0.25) is 9.78 Å². The average molecular weight is 195 g/mol. The monoisotopic (exact) mass is 195 g/mol. The molecule has 5 N–H and O–H groups in total. The van der Waals surface area contributed by atoms with E-state index in [1.54, 1.807) is 0 Å². The van der Waals surface area contributed by atoms with Gasteiger partial charge in [-0.15, -0.1) is 0 Å². The predicted molar refractivity (Wildman–Crippen MR) is 51.7 cm³/mol. The van der Waals surface area contributed by atoms with Crippen LogP contribution in [0.3, 0.4) is 0 Å². The van der Waals surface area contributed by atoms with Gasteiger partial charge in [-0.2, -0.15) is 5.10 Å². The van der Waals surface area contributed by atoms with Crippen molar-refractivity contribution in [3.8, 4) is 0 Å². The highest BCUT2D eigenvalue weighted by molar-refractivity contribution is 6.07. The zero-order valence-electron chi connectivity index (χ0n) is 7.20. The molecule has 0 aliphatic rings. The number of hydrazine groups is 1. The summed E-state index contributed by atoms with van der Waals surface area (Å²) < 4.78 is 0. The van der Waals surface area contributed by atoms with Crippen LogP contribution >= 0.6 is 0 Å². The van der Waals surface area contributed by atoms with Crippen LogP contribution < -0.4 is 22.6 Å². The van der Waals surface area contributed by atoms with Gasteiger partial charge in [0.05, 0.1) is 11.3 Å². The Bertz CT molecular complexity index is 469. The Balaban J connectivity index is 3.32. The average Bonchev–Trinajstić information content (AvgIpc) is 2.15. The molecular weight excluding hydrogens is 186 g/mol. The fourth-order valence-electron chi connectivity index (χ4n) is 0.885. The molecule has 1 aromatic heterocycles. The SMILES string of the molecule is C=C/C(=N\NN)c1c[nH]c(=O)[nH]c1=O. The van der Waals surface area contributed by atoms with Gasteiger partial charge in [0.25, 0.3) is 5.56 Å². The van der Waals surface area contributed by atoms with E-state index in [2.05, 4.69) is 16.7 Å². The molecule has 14 heavy (non-hydrogen) atoms. The molecule has 0 unspecified atom stereocenters. The van der Waals surface area contributed by atoms with Gasteiger partial charge in [-0.1, -0.05) is 6.58 Å².